The number of rotatable bonds is 5. The van der Waals surface area contributed by atoms with Crippen LogP contribution < -0.4 is 4.74 Å². The molecular weight excluding hydrogens is 256 g/mol. The lowest BCUT2D eigenvalue weighted by Gasteiger charge is -2.08. The van der Waals surface area contributed by atoms with E-state index in [0.29, 0.717) is 6.79 Å². The van der Waals surface area contributed by atoms with Gasteiger partial charge in [-0.05, 0) is 59.3 Å². The Labute approximate surface area is 98.7 Å². The highest BCUT2D eigenvalue weighted by Gasteiger charge is 2.21. The van der Waals surface area contributed by atoms with Crippen molar-refractivity contribution in [1.82, 2.24) is 0 Å². The summed E-state index contributed by atoms with van der Waals surface area (Å²) in [5.41, 5.74) is 1.22. The largest absolute Gasteiger partial charge is 0.466 e. The maximum atomic E-state index is 5.50. The van der Waals surface area contributed by atoms with Crippen molar-refractivity contribution in [3.05, 3.63) is 28.2 Å². The molecule has 2 rings (SSSR count). The van der Waals surface area contributed by atoms with Gasteiger partial charge in [0.05, 0.1) is 11.1 Å². The number of benzene rings is 1. The Hall–Kier alpha value is -0.540. The molecule has 1 fully saturated rings. The summed E-state index contributed by atoms with van der Waals surface area (Å²) >= 11 is 3.46. The van der Waals surface area contributed by atoms with Crippen LogP contribution >= 0.6 is 15.9 Å². The zero-order valence-corrected chi connectivity index (χ0v) is 10.4. The molecule has 0 amide bonds. The molecule has 15 heavy (non-hydrogen) atoms. The van der Waals surface area contributed by atoms with E-state index in [9.17, 15) is 0 Å². The Morgan fingerprint density at radius 2 is 2.20 bits per heavy atom. The standard InChI is InChI=1S/C12H15BrO2/c1-9-2-5-12(11(13)6-9)15-8-14-7-10-3-4-10/h2,5-6,10H,3-4,7-8H2,1H3. The first-order valence-corrected chi connectivity index (χ1v) is 6.01. The number of halogens is 1. The molecule has 0 bridgehead atoms. The molecule has 0 saturated heterocycles. The molecule has 1 saturated carbocycles. The van der Waals surface area contributed by atoms with Crippen molar-refractivity contribution in [3.8, 4) is 5.75 Å². The van der Waals surface area contributed by atoms with Gasteiger partial charge in [-0.1, -0.05) is 6.07 Å². The van der Waals surface area contributed by atoms with Crippen LogP contribution in [0.4, 0.5) is 0 Å². The molecule has 1 aliphatic rings. The SMILES string of the molecule is Cc1ccc(OCOCC2CC2)c(Br)c1. The molecule has 0 aliphatic heterocycles. The molecule has 0 atom stereocenters. The van der Waals surface area contributed by atoms with Gasteiger partial charge in [0.15, 0.2) is 6.79 Å². The molecule has 0 unspecified atom stereocenters. The second-order valence-corrected chi connectivity index (χ2v) is 4.86. The van der Waals surface area contributed by atoms with Gasteiger partial charge in [0.1, 0.15) is 5.75 Å². The monoisotopic (exact) mass is 270 g/mol. The van der Waals surface area contributed by atoms with E-state index in [0.717, 1.165) is 22.7 Å². The molecule has 0 heterocycles. The molecule has 0 spiro atoms. The van der Waals surface area contributed by atoms with Gasteiger partial charge in [0.2, 0.25) is 0 Å². The van der Waals surface area contributed by atoms with Crippen LogP contribution in [0.15, 0.2) is 22.7 Å². The van der Waals surface area contributed by atoms with Crippen LogP contribution in [0.1, 0.15) is 18.4 Å². The van der Waals surface area contributed by atoms with Crippen molar-refractivity contribution < 1.29 is 9.47 Å². The van der Waals surface area contributed by atoms with E-state index in [1.807, 2.05) is 18.2 Å². The second kappa shape index (κ2) is 4.99. The van der Waals surface area contributed by atoms with Crippen molar-refractivity contribution >= 4 is 15.9 Å². The minimum atomic E-state index is 0.345. The van der Waals surface area contributed by atoms with Crippen LogP contribution in [0.25, 0.3) is 0 Å². The van der Waals surface area contributed by atoms with Gasteiger partial charge in [-0.15, -0.1) is 0 Å². The first kappa shape index (κ1) is 11.0. The van der Waals surface area contributed by atoms with Gasteiger partial charge in [-0.25, -0.2) is 0 Å². The summed E-state index contributed by atoms with van der Waals surface area (Å²) in [4.78, 5) is 0. The van der Waals surface area contributed by atoms with Crippen molar-refractivity contribution in [2.75, 3.05) is 13.4 Å². The van der Waals surface area contributed by atoms with Gasteiger partial charge in [-0.3, -0.25) is 0 Å². The Bertz CT molecular complexity index is 334. The summed E-state index contributed by atoms with van der Waals surface area (Å²) in [6, 6.07) is 6.02. The molecule has 1 aliphatic carbocycles. The summed E-state index contributed by atoms with van der Waals surface area (Å²) in [7, 11) is 0. The highest BCUT2D eigenvalue weighted by atomic mass is 79.9. The van der Waals surface area contributed by atoms with Gasteiger partial charge >= 0.3 is 0 Å². The quantitative estimate of drug-likeness (QED) is 0.602. The highest BCUT2D eigenvalue weighted by molar-refractivity contribution is 9.10. The van der Waals surface area contributed by atoms with Gasteiger partial charge in [0, 0.05) is 0 Å². The Kier molecular flexibility index (Phi) is 3.65. The van der Waals surface area contributed by atoms with Crippen molar-refractivity contribution in [1.29, 1.82) is 0 Å². The molecular formula is C12H15BrO2. The van der Waals surface area contributed by atoms with Crippen molar-refractivity contribution in [2.24, 2.45) is 5.92 Å². The average molecular weight is 271 g/mol. The van der Waals surface area contributed by atoms with Gasteiger partial charge in [0.25, 0.3) is 0 Å². The normalized spacial score (nSPS) is 15.3. The van der Waals surface area contributed by atoms with E-state index < -0.39 is 0 Å². The molecule has 3 heteroatoms. The van der Waals surface area contributed by atoms with Crippen LogP contribution in [0.2, 0.25) is 0 Å². The van der Waals surface area contributed by atoms with Gasteiger partial charge < -0.3 is 9.47 Å². The zero-order valence-electron chi connectivity index (χ0n) is 8.83. The molecule has 2 nitrogen and oxygen atoms in total. The summed E-state index contributed by atoms with van der Waals surface area (Å²) in [5, 5.41) is 0. The molecule has 1 aromatic rings. The lowest BCUT2D eigenvalue weighted by Crippen LogP contribution is -2.05. The van der Waals surface area contributed by atoms with E-state index in [1.54, 1.807) is 0 Å². The van der Waals surface area contributed by atoms with Gasteiger partial charge in [-0.2, -0.15) is 0 Å². The maximum Gasteiger partial charge on any atom is 0.189 e. The fourth-order valence-electron chi connectivity index (χ4n) is 1.33. The molecule has 0 aromatic heterocycles. The lowest BCUT2D eigenvalue weighted by molar-refractivity contribution is 0.00956. The Morgan fingerprint density at radius 1 is 1.40 bits per heavy atom. The second-order valence-electron chi connectivity index (χ2n) is 4.01. The van der Waals surface area contributed by atoms with Crippen LogP contribution in [0, 0.1) is 12.8 Å². The molecule has 1 aromatic carbocycles. The number of hydrogen-bond acceptors (Lipinski definition) is 2. The van der Waals surface area contributed by atoms with Crippen molar-refractivity contribution in [2.45, 2.75) is 19.8 Å². The predicted molar refractivity (Wildman–Crippen MR) is 63.1 cm³/mol. The maximum absolute atomic E-state index is 5.50. The fourth-order valence-corrected chi connectivity index (χ4v) is 1.94. The minimum Gasteiger partial charge on any atom is -0.466 e. The Balaban J connectivity index is 1.76. The van der Waals surface area contributed by atoms with Crippen molar-refractivity contribution in [3.63, 3.8) is 0 Å². The van der Waals surface area contributed by atoms with E-state index in [4.69, 9.17) is 9.47 Å². The van der Waals surface area contributed by atoms with E-state index in [1.165, 1.54) is 18.4 Å². The highest BCUT2D eigenvalue weighted by Crippen LogP contribution is 2.29. The van der Waals surface area contributed by atoms with E-state index in [2.05, 4.69) is 22.9 Å². The number of hydrogen-bond donors (Lipinski definition) is 0. The Morgan fingerprint density at radius 3 is 2.87 bits per heavy atom. The topological polar surface area (TPSA) is 18.5 Å². The van der Waals surface area contributed by atoms with Crippen LogP contribution in [0.3, 0.4) is 0 Å². The van der Waals surface area contributed by atoms with E-state index >= 15 is 0 Å². The third-order valence-corrected chi connectivity index (χ3v) is 3.06. The summed E-state index contributed by atoms with van der Waals surface area (Å²) in [5.74, 6) is 1.63. The lowest BCUT2D eigenvalue weighted by atomic mass is 10.2. The smallest absolute Gasteiger partial charge is 0.189 e. The zero-order chi connectivity index (χ0) is 10.7. The van der Waals surface area contributed by atoms with Crippen LogP contribution in [-0.4, -0.2) is 13.4 Å². The third kappa shape index (κ3) is 3.50. The first-order chi connectivity index (χ1) is 7.25. The summed E-state index contributed by atoms with van der Waals surface area (Å²) in [6.45, 7) is 3.24. The fraction of sp³-hybridized carbons (Fsp3) is 0.500. The van der Waals surface area contributed by atoms with E-state index in [-0.39, 0.29) is 0 Å². The minimum absolute atomic E-state index is 0.345. The molecule has 82 valence electrons. The number of ether oxygens (including phenoxy) is 2. The summed E-state index contributed by atoms with van der Waals surface area (Å²) in [6.07, 6.45) is 2.63. The average Bonchev–Trinajstić information content (AvgIpc) is 2.99. The third-order valence-electron chi connectivity index (χ3n) is 2.44. The van der Waals surface area contributed by atoms with Crippen LogP contribution in [-0.2, 0) is 4.74 Å². The molecule has 0 N–H and O–H groups in total. The predicted octanol–water partition coefficient (Wildman–Crippen LogP) is 3.52. The molecule has 0 radical (unpaired) electrons. The van der Waals surface area contributed by atoms with Crippen LogP contribution in [0.5, 0.6) is 5.75 Å². The number of aryl methyl sites for hydroxylation is 1. The summed E-state index contributed by atoms with van der Waals surface area (Å²) < 4.78 is 11.9. The first-order valence-electron chi connectivity index (χ1n) is 5.22.